The molecule has 160 valence electrons. The summed E-state index contributed by atoms with van der Waals surface area (Å²) in [6, 6.07) is 0.265. The number of carbonyl (C=O) groups excluding carboxylic acids is 3. The minimum atomic E-state index is -0.859. The van der Waals surface area contributed by atoms with Gasteiger partial charge in [0.2, 0.25) is 5.91 Å². The normalized spacial score (nSPS) is 24.6. The molecule has 2 amide bonds. The molecule has 2 rings (SSSR count). The zero-order chi connectivity index (χ0) is 20.9. The SMILES string of the molecule is CCOC(=O)C1(CC(N)=O)CCCN(C2CCN(C(=O)OC(C)(C)C)CC2)C1. The Kier molecular flexibility index (Phi) is 7.31. The molecule has 2 aliphatic heterocycles. The lowest BCUT2D eigenvalue weighted by Crippen LogP contribution is -2.55. The fraction of sp³-hybridized carbons (Fsp3) is 0.850. The zero-order valence-electron chi connectivity index (χ0n) is 17.7. The summed E-state index contributed by atoms with van der Waals surface area (Å²) in [7, 11) is 0. The first-order chi connectivity index (χ1) is 13.1. The number of ether oxygens (including phenoxy) is 2. The fourth-order valence-corrected chi connectivity index (χ4v) is 4.22. The average Bonchev–Trinajstić information content (AvgIpc) is 2.60. The quantitative estimate of drug-likeness (QED) is 0.711. The average molecular weight is 398 g/mol. The van der Waals surface area contributed by atoms with Gasteiger partial charge in [-0.2, -0.15) is 0 Å². The lowest BCUT2D eigenvalue weighted by atomic mass is 9.76. The summed E-state index contributed by atoms with van der Waals surface area (Å²) in [4.78, 5) is 40.5. The van der Waals surface area contributed by atoms with Gasteiger partial charge < -0.3 is 20.1 Å². The summed E-state index contributed by atoms with van der Waals surface area (Å²) in [5.74, 6) is -0.806. The molecule has 0 saturated carbocycles. The fourth-order valence-electron chi connectivity index (χ4n) is 4.22. The van der Waals surface area contributed by atoms with Gasteiger partial charge in [0.25, 0.3) is 0 Å². The van der Waals surface area contributed by atoms with Crippen LogP contribution in [0.4, 0.5) is 4.79 Å². The van der Waals surface area contributed by atoms with Gasteiger partial charge in [-0.1, -0.05) is 0 Å². The maximum atomic E-state index is 12.6. The predicted molar refractivity (Wildman–Crippen MR) is 105 cm³/mol. The molecule has 0 radical (unpaired) electrons. The Morgan fingerprint density at radius 1 is 1.14 bits per heavy atom. The number of rotatable bonds is 5. The van der Waals surface area contributed by atoms with Gasteiger partial charge in [-0.15, -0.1) is 0 Å². The lowest BCUT2D eigenvalue weighted by molar-refractivity contribution is -0.162. The maximum Gasteiger partial charge on any atom is 0.410 e. The number of nitrogens with two attached hydrogens (primary N) is 1. The van der Waals surface area contributed by atoms with Gasteiger partial charge in [0.15, 0.2) is 0 Å². The maximum absolute atomic E-state index is 12.6. The number of piperidine rings is 2. The molecule has 0 spiro atoms. The van der Waals surface area contributed by atoms with Crippen molar-refractivity contribution in [2.75, 3.05) is 32.8 Å². The van der Waals surface area contributed by atoms with E-state index in [9.17, 15) is 14.4 Å². The molecule has 0 aromatic rings. The topological polar surface area (TPSA) is 102 Å². The highest BCUT2D eigenvalue weighted by molar-refractivity contribution is 5.85. The molecule has 0 aromatic carbocycles. The molecule has 2 N–H and O–H groups in total. The second kappa shape index (κ2) is 9.11. The van der Waals surface area contributed by atoms with E-state index in [0.717, 1.165) is 25.8 Å². The Morgan fingerprint density at radius 3 is 2.32 bits per heavy atom. The smallest absolute Gasteiger partial charge is 0.410 e. The van der Waals surface area contributed by atoms with E-state index < -0.39 is 16.9 Å². The van der Waals surface area contributed by atoms with Crippen molar-refractivity contribution >= 4 is 18.0 Å². The van der Waals surface area contributed by atoms with Crippen LogP contribution in [0.3, 0.4) is 0 Å². The van der Waals surface area contributed by atoms with Crippen molar-refractivity contribution in [1.29, 1.82) is 0 Å². The van der Waals surface area contributed by atoms with Gasteiger partial charge in [0.1, 0.15) is 5.60 Å². The number of esters is 1. The van der Waals surface area contributed by atoms with E-state index in [1.807, 2.05) is 20.8 Å². The first-order valence-electron chi connectivity index (χ1n) is 10.2. The molecule has 2 aliphatic rings. The molecule has 2 fully saturated rings. The number of nitrogens with zero attached hydrogens (tertiary/aromatic N) is 2. The molecule has 8 nitrogen and oxygen atoms in total. The predicted octanol–water partition coefficient (Wildman–Crippen LogP) is 1.91. The summed E-state index contributed by atoms with van der Waals surface area (Å²) in [5.41, 5.74) is 4.08. The number of hydrogen-bond acceptors (Lipinski definition) is 6. The lowest BCUT2D eigenvalue weighted by Gasteiger charge is -2.46. The van der Waals surface area contributed by atoms with Crippen LogP contribution in [0.2, 0.25) is 0 Å². The number of amides is 2. The number of hydrogen-bond donors (Lipinski definition) is 1. The van der Waals surface area contributed by atoms with Crippen LogP contribution in [-0.2, 0) is 19.1 Å². The molecule has 0 aromatic heterocycles. The van der Waals surface area contributed by atoms with Gasteiger partial charge >= 0.3 is 12.1 Å². The number of likely N-dealkylation sites (tertiary alicyclic amines) is 2. The largest absolute Gasteiger partial charge is 0.466 e. The molecule has 0 bridgehead atoms. The minimum absolute atomic E-state index is 0.0130. The second-order valence-electron chi connectivity index (χ2n) is 8.92. The molecular formula is C20H35N3O5. The molecule has 0 aliphatic carbocycles. The minimum Gasteiger partial charge on any atom is -0.466 e. The van der Waals surface area contributed by atoms with E-state index in [1.165, 1.54) is 0 Å². The summed E-state index contributed by atoms with van der Waals surface area (Å²) in [5, 5.41) is 0. The summed E-state index contributed by atoms with van der Waals surface area (Å²) < 4.78 is 10.7. The van der Waals surface area contributed by atoms with E-state index in [4.69, 9.17) is 15.2 Å². The van der Waals surface area contributed by atoms with E-state index in [1.54, 1.807) is 11.8 Å². The van der Waals surface area contributed by atoms with E-state index in [2.05, 4.69) is 4.90 Å². The van der Waals surface area contributed by atoms with E-state index in [-0.39, 0.29) is 31.1 Å². The van der Waals surface area contributed by atoms with Crippen molar-refractivity contribution in [1.82, 2.24) is 9.80 Å². The van der Waals surface area contributed by atoms with Gasteiger partial charge in [-0.25, -0.2) is 4.79 Å². The van der Waals surface area contributed by atoms with Crippen LogP contribution in [-0.4, -0.2) is 72.2 Å². The highest BCUT2D eigenvalue weighted by Crippen LogP contribution is 2.37. The van der Waals surface area contributed by atoms with Crippen molar-refractivity contribution in [3.63, 3.8) is 0 Å². The van der Waals surface area contributed by atoms with Crippen LogP contribution in [0.25, 0.3) is 0 Å². The van der Waals surface area contributed by atoms with E-state index >= 15 is 0 Å². The van der Waals surface area contributed by atoms with E-state index in [0.29, 0.717) is 26.1 Å². The van der Waals surface area contributed by atoms with Crippen molar-refractivity contribution in [2.45, 2.75) is 71.4 Å². The van der Waals surface area contributed by atoms with Gasteiger partial charge in [-0.05, 0) is 59.9 Å². The number of carbonyl (C=O) groups is 3. The van der Waals surface area contributed by atoms with Crippen molar-refractivity contribution in [3.05, 3.63) is 0 Å². The van der Waals surface area contributed by atoms with Crippen LogP contribution in [0.15, 0.2) is 0 Å². The molecule has 28 heavy (non-hydrogen) atoms. The molecule has 1 atom stereocenters. The Bertz CT molecular complexity index is 581. The molecule has 1 unspecified atom stereocenters. The Morgan fingerprint density at radius 2 is 1.79 bits per heavy atom. The zero-order valence-corrected chi connectivity index (χ0v) is 17.7. The van der Waals surface area contributed by atoms with Crippen LogP contribution >= 0.6 is 0 Å². The van der Waals surface area contributed by atoms with Crippen LogP contribution in [0.5, 0.6) is 0 Å². The van der Waals surface area contributed by atoms with Crippen molar-refractivity contribution < 1.29 is 23.9 Å². The number of primary amides is 1. The Hall–Kier alpha value is -1.83. The monoisotopic (exact) mass is 397 g/mol. The molecule has 8 heteroatoms. The summed E-state index contributed by atoms with van der Waals surface area (Å²) in [6.45, 7) is 10.2. The van der Waals surface area contributed by atoms with Crippen LogP contribution in [0.1, 0.15) is 59.8 Å². The third-order valence-corrected chi connectivity index (χ3v) is 5.46. The van der Waals surface area contributed by atoms with Crippen LogP contribution < -0.4 is 5.73 Å². The first-order valence-corrected chi connectivity index (χ1v) is 10.2. The van der Waals surface area contributed by atoms with Crippen molar-refractivity contribution in [3.8, 4) is 0 Å². The van der Waals surface area contributed by atoms with Gasteiger partial charge in [-0.3, -0.25) is 14.5 Å². The molecule has 2 heterocycles. The Labute approximate surface area is 167 Å². The molecule has 2 saturated heterocycles. The second-order valence-corrected chi connectivity index (χ2v) is 8.92. The highest BCUT2D eigenvalue weighted by Gasteiger charge is 2.46. The first kappa shape index (κ1) is 22.5. The van der Waals surface area contributed by atoms with Crippen molar-refractivity contribution in [2.24, 2.45) is 11.1 Å². The summed E-state index contributed by atoms with van der Waals surface area (Å²) in [6.07, 6.45) is 2.79. The van der Waals surface area contributed by atoms with Gasteiger partial charge in [0.05, 0.1) is 12.0 Å². The third kappa shape index (κ3) is 5.83. The summed E-state index contributed by atoms with van der Waals surface area (Å²) >= 11 is 0. The van der Waals surface area contributed by atoms with Crippen LogP contribution in [0, 0.1) is 5.41 Å². The highest BCUT2D eigenvalue weighted by atomic mass is 16.6. The Balaban J connectivity index is 1.99. The van der Waals surface area contributed by atoms with Gasteiger partial charge in [0, 0.05) is 32.1 Å². The standard InChI is InChI=1S/C20H35N3O5/c1-5-27-17(25)20(13-16(21)24)9-6-10-23(14-20)15-7-11-22(12-8-15)18(26)28-19(2,3)4/h15H,5-14H2,1-4H3,(H2,21,24). The third-order valence-electron chi connectivity index (χ3n) is 5.46. The molecular weight excluding hydrogens is 362 g/mol.